The summed E-state index contributed by atoms with van der Waals surface area (Å²) in [6.45, 7) is 0. The van der Waals surface area contributed by atoms with Crippen LogP contribution in [0.3, 0.4) is 0 Å². The molecule has 0 aromatic heterocycles. The summed E-state index contributed by atoms with van der Waals surface area (Å²) >= 11 is 2.83. The average Bonchev–Trinajstić information content (AvgIpc) is 2.01. The number of hydrogen-bond donors (Lipinski definition) is 2. The van der Waals surface area contributed by atoms with Gasteiger partial charge in [-0.3, -0.25) is 5.84 Å². The Bertz CT molecular complexity index is 278. The van der Waals surface area contributed by atoms with E-state index in [2.05, 4.69) is 21.4 Å². The Morgan fingerprint density at radius 1 is 1.36 bits per heavy atom. The van der Waals surface area contributed by atoms with Crippen LogP contribution in [0, 0.1) is 11.6 Å². The van der Waals surface area contributed by atoms with E-state index in [4.69, 9.17) is 5.84 Å². The van der Waals surface area contributed by atoms with Crippen molar-refractivity contribution < 1.29 is 8.78 Å². The summed E-state index contributed by atoms with van der Waals surface area (Å²) in [4.78, 5) is 0. The van der Waals surface area contributed by atoms with Gasteiger partial charge in [-0.2, -0.15) is 0 Å². The summed E-state index contributed by atoms with van der Waals surface area (Å²) in [6.07, 6.45) is 0. The highest BCUT2D eigenvalue weighted by molar-refractivity contribution is 9.10. The van der Waals surface area contributed by atoms with Crippen LogP contribution >= 0.6 is 15.9 Å². The molecular formula is C6H5BrF2N2. The predicted molar refractivity (Wildman–Crippen MR) is 41.9 cm³/mol. The maximum absolute atomic E-state index is 12.7. The van der Waals surface area contributed by atoms with Crippen molar-refractivity contribution in [3.63, 3.8) is 0 Å². The van der Waals surface area contributed by atoms with Crippen molar-refractivity contribution in [2.45, 2.75) is 0 Å². The topological polar surface area (TPSA) is 38.0 Å². The Morgan fingerprint density at radius 2 is 2.00 bits per heavy atom. The fraction of sp³-hybridized carbons (Fsp3) is 0. The molecule has 2 nitrogen and oxygen atoms in total. The Balaban J connectivity index is 3.25. The first-order chi connectivity index (χ1) is 5.16. The normalized spacial score (nSPS) is 9.82. The van der Waals surface area contributed by atoms with Crippen molar-refractivity contribution in [2.75, 3.05) is 5.43 Å². The molecule has 1 aromatic rings. The lowest BCUT2D eigenvalue weighted by Gasteiger charge is -2.03. The SMILES string of the molecule is NNc1ccc(F)c(F)c1Br. The van der Waals surface area contributed by atoms with Crippen molar-refractivity contribution in [1.29, 1.82) is 0 Å². The van der Waals surface area contributed by atoms with E-state index in [1.165, 1.54) is 6.07 Å². The van der Waals surface area contributed by atoms with Gasteiger partial charge in [0.2, 0.25) is 0 Å². The second kappa shape index (κ2) is 3.15. The highest BCUT2D eigenvalue weighted by Gasteiger charge is 2.09. The smallest absolute Gasteiger partial charge is 0.175 e. The van der Waals surface area contributed by atoms with E-state index in [0.717, 1.165) is 6.07 Å². The highest BCUT2D eigenvalue weighted by Crippen LogP contribution is 2.26. The number of nitrogens with two attached hydrogens (primary N) is 1. The third-order valence-corrected chi connectivity index (χ3v) is 1.97. The van der Waals surface area contributed by atoms with Gasteiger partial charge >= 0.3 is 0 Å². The molecule has 5 heteroatoms. The van der Waals surface area contributed by atoms with Crippen molar-refractivity contribution >= 4 is 21.6 Å². The van der Waals surface area contributed by atoms with Crippen LogP contribution in [-0.4, -0.2) is 0 Å². The Kier molecular flexibility index (Phi) is 2.41. The molecule has 0 heterocycles. The minimum atomic E-state index is -0.944. The molecule has 60 valence electrons. The molecule has 0 aliphatic heterocycles. The molecule has 0 atom stereocenters. The lowest BCUT2D eigenvalue weighted by Crippen LogP contribution is -2.08. The molecule has 0 aliphatic carbocycles. The molecule has 1 rings (SSSR count). The van der Waals surface area contributed by atoms with Crippen molar-refractivity contribution in [3.05, 3.63) is 28.2 Å². The van der Waals surface area contributed by atoms with Crippen molar-refractivity contribution in [3.8, 4) is 0 Å². The van der Waals surface area contributed by atoms with Gasteiger partial charge in [-0.25, -0.2) is 8.78 Å². The van der Waals surface area contributed by atoms with E-state index < -0.39 is 11.6 Å². The van der Waals surface area contributed by atoms with Crippen LogP contribution in [0.5, 0.6) is 0 Å². The molecule has 3 N–H and O–H groups in total. The Morgan fingerprint density at radius 3 is 2.55 bits per heavy atom. The molecule has 0 radical (unpaired) electrons. The fourth-order valence-corrected chi connectivity index (χ4v) is 1.07. The van der Waals surface area contributed by atoms with Gasteiger partial charge in [-0.05, 0) is 28.1 Å². The molecule has 11 heavy (non-hydrogen) atoms. The number of benzene rings is 1. The Labute approximate surface area is 70.5 Å². The van der Waals surface area contributed by atoms with Gasteiger partial charge < -0.3 is 5.43 Å². The van der Waals surface area contributed by atoms with Crippen LogP contribution in [0.15, 0.2) is 16.6 Å². The molecule has 0 saturated carbocycles. The highest BCUT2D eigenvalue weighted by atomic mass is 79.9. The summed E-state index contributed by atoms with van der Waals surface area (Å²) in [5, 5.41) is 0. The average molecular weight is 223 g/mol. The van der Waals surface area contributed by atoms with E-state index in [-0.39, 0.29) is 4.47 Å². The molecule has 0 amide bonds. The lowest BCUT2D eigenvalue weighted by molar-refractivity contribution is 0.505. The van der Waals surface area contributed by atoms with Gasteiger partial charge in [-0.15, -0.1) is 0 Å². The summed E-state index contributed by atoms with van der Waals surface area (Å²) in [5.41, 5.74) is 2.52. The molecular weight excluding hydrogens is 218 g/mol. The number of hydrogen-bond acceptors (Lipinski definition) is 2. The molecule has 0 fully saturated rings. The van der Waals surface area contributed by atoms with E-state index >= 15 is 0 Å². The molecule has 0 bridgehead atoms. The lowest BCUT2D eigenvalue weighted by atomic mass is 10.3. The maximum atomic E-state index is 12.7. The zero-order valence-corrected chi connectivity index (χ0v) is 6.95. The van der Waals surface area contributed by atoms with Crippen LogP contribution in [0.1, 0.15) is 0 Å². The first-order valence-corrected chi connectivity index (χ1v) is 3.56. The Hall–Kier alpha value is -0.680. The molecule has 1 aromatic carbocycles. The van der Waals surface area contributed by atoms with Gasteiger partial charge in [0.15, 0.2) is 11.6 Å². The minimum Gasteiger partial charge on any atom is -0.323 e. The van der Waals surface area contributed by atoms with Crippen LogP contribution in [0.25, 0.3) is 0 Å². The van der Waals surface area contributed by atoms with Crippen LogP contribution in [-0.2, 0) is 0 Å². The first-order valence-electron chi connectivity index (χ1n) is 2.77. The third-order valence-electron chi connectivity index (χ3n) is 1.19. The number of halogens is 3. The number of rotatable bonds is 1. The number of anilines is 1. The van der Waals surface area contributed by atoms with Crippen LogP contribution in [0.2, 0.25) is 0 Å². The molecule has 0 unspecified atom stereocenters. The van der Waals surface area contributed by atoms with E-state index in [1.54, 1.807) is 0 Å². The summed E-state index contributed by atoms with van der Waals surface area (Å²) in [7, 11) is 0. The largest absolute Gasteiger partial charge is 0.323 e. The summed E-state index contributed by atoms with van der Waals surface area (Å²) in [5.74, 6) is 3.15. The van der Waals surface area contributed by atoms with E-state index in [1.807, 2.05) is 0 Å². The first kappa shape index (κ1) is 8.42. The number of nitrogens with one attached hydrogen (secondary N) is 1. The van der Waals surface area contributed by atoms with Gasteiger partial charge in [0.05, 0.1) is 10.2 Å². The van der Waals surface area contributed by atoms with Crippen LogP contribution < -0.4 is 11.3 Å². The number of hydrazine groups is 1. The van der Waals surface area contributed by atoms with Crippen molar-refractivity contribution in [1.82, 2.24) is 0 Å². The van der Waals surface area contributed by atoms with Gasteiger partial charge in [0.1, 0.15) is 0 Å². The molecule has 0 spiro atoms. The standard InChI is InChI=1S/C6H5BrF2N2/c7-5-4(11-10)2-1-3(8)6(5)9/h1-2,11H,10H2. The quantitative estimate of drug-likeness (QED) is 0.434. The minimum absolute atomic E-state index is 0.000000000000000222. The molecule has 0 aliphatic rings. The van der Waals surface area contributed by atoms with Gasteiger partial charge in [-0.1, -0.05) is 0 Å². The zero-order valence-electron chi connectivity index (χ0n) is 5.37. The van der Waals surface area contributed by atoms with Crippen molar-refractivity contribution in [2.24, 2.45) is 5.84 Å². The third kappa shape index (κ3) is 1.49. The summed E-state index contributed by atoms with van der Waals surface area (Å²) in [6, 6.07) is 2.33. The molecule has 0 saturated heterocycles. The number of nitrogen functional groups attached to an aromatic ring is 1. The predicted octanol–water partition coefficient (Wildman–Crippen LogP) is 2.01. The van der Waals surface area contributed by atoms with E-state index in [0.29, 0.717) is 5.69 Å². The fourth-order valence-electron chi connectivity index (χ4n) is 0.637. The van der Waals surface area contributed by atoms with E-state index in [9.17, 15) is 8.78 Å². The van der Waals surface area contributed by atoms with Gasteiger partial charge in [0, 0.05) is 0 Å². The summed E-state index contributed by atoms with van der Waals surface area (Å²) < 4.78 is 25.1. The monoisotopic (exact) mass is 222 g/mol. The maximum Gasteiger partial charge on any atom is 0.175 e. The van der Waals surface area contributed by atoms with Gasteiger partial charge in [0.25, 0.3) is 0 Å². The second-order valence-electron chi connectivity index (χ2n) is 1.87. The zero-order chi connectivity index (χ0) is 8.43. The van der Waals surface area contributed by atoms with Crippen LogP contribution in [0.4, 0.5) is 14.5 Å². The second-order valence-corrected chi connectivity index (χ2v) is 2.66.